The minimum Gasteiger partial charge on any atom is -0.481 e. The standard InChI is InChI=1S/C25H27NO4/c27-24(28)17-12-13-23(16-6-5-7-16)26(14-17)25(29)30-15-22-20-10-3-1-8-18(20)19-9-2-4-11-21(19)22/h1-4,8-11,16-17,22-23H,5-7,12-15H2,(H,27,28). The molecule has 1 amide bonds. The average Bonchev–Trinajstić information content (AvgIpc) is 3.05. The highest BCUT2D eigenvalue weighted by Gasteiger charge is 2.41. The number of piperidine rings is 1. The second kappa shape index (κ2) is 7.78. The average molecular weight is 405 g/mol. The fourth-order valence-electron chi connectivity index (χ4n) is 5.40. The maximum absolute atomic E-state index is 13.1. The number of hydrogen-bond acceptors (Lipinski definition) is 3. The van der Waals surface area contributed by atoms with Gasteiger partial charge in [-0.2, -0.15) is 0 Å². The van der Waals surface area contributed by atoms with Gasteiger partial charge in [0, 0.05) is 18.5 Å². The van der Waals surface area contributed by atoms with Crippen molar-refractivity contribution in [3.63, 3.8) is 0 Å². The Morgan fingerprint density at radius 3 is 2.13 bits per heavy atom. The van der Waals surface area contributed by atoms with Gasteiger partial charge < -0.3 is 14.7 Å². The Hall–Kier alpha value is -2.82. The van der Waals surface area contributed by atoms with Gasteiger partial charge >= 0.3 is 12.1 Å². The molecule has 30 heavy (non-hydrogen) atoms. The van der Waals surface area contributed by atoms with Gasteiger partial charge in [-0.15, -0.1) is 0 Å². The van der Waals surface area contributed by atoms with Crippen LogP contribution in [-0.4, -0.2) is 41.3 Å². The van der Waals surface area contributed by atoms with Crippen LogP contribution in [0, 0.1) is 11.8 Å². The van der Waals surface area contributed by atoms with E-state index in [1.165, 1.54) is 28.7 Å². The minimum atomic E-state index is -0.821. The topological polar surface area (TPSA) is 66.8 Å². The van der Waals surface area contributed by atoms with E-state index >= 15 is 0 Å². The lowest BCUT2D eigenvalue weighted by molar-refractivity contribution is -0.144. The van der Waals surface area contributed by atoms with Gasteiger partial charge in [-0.1, -0.05) is 55.0 Å². The zero-order valence-corrected chi connectivity index (χ0v) is 17.0. The summed E-state index contributed by atoms with van der Waals surface area (Å²) in [6.07, 6.45) is 4.47. The molecule has 0 radical (unpaired) electrons. The lowest BCUT2D eigenvalue weighted by atomic mass is 9.75. The fourth-order valence-corrected chi connectivity index (χ4v) is 5.40. The van der Waals surface area contributed by atoms with Gasteiger partial charge in [0.25, 0.3) is 0 Å². The molecule has 2 aromatic carbocycles. The molecule has 0 spiro atoms. The fraction of sp³-hybridized carbons (Fsp3) is 0.440. The molecule has 1 saturated heterocycles. The minimum absolute atomic E-state index is 0.0172. The van der Waals surface area contributed by atoms with Crippen LogP contribution in [0.5, 0.6) is 0 Å². The first-order valence-electron chi connectivity index (χ1n) is 11.0. The number of nitrogens with zero attached hydrogens (tertiary/aromatic N) is 1. The van der Waals surface area contributed by atoms with Gasteiger partial charge in [0.1, 0.15) is 6.61 Å². The highest BCUT2D eigenvalue weighted by molar-refractivity contribution is 5.79. The van der Waals surface area contributed by atoms with Crippen molar-refractivity contribution >= 4 is 12.1 Å². The number of likely N-dealkylation sites (tertiary alicyclic amines) is 1. The van der Waals surface area contributed by atoms with Crippen molar-refractivity contribution in [3.8, 4) is 11.1 Å². The predicted octanol–water partition coefficient (Wildman–Crippen LogP) is 4.90. The van der Waals surface area contributed by atoms with E-state index in [2.05, 4.69) is 24.3 Å². The number of carboxylic acid groups (broad SMARTS) is 1. The van der Waals surface area contributed by atoms with Crippen LogP contribution < -0.4 is 0 Å². The van der Waals surface area contributed by atoms with Crippen LogP contribution in [0.1, 0.15) is 49.1 Å². The number of aliphatic carboxylic acids is 1. The van der Waals surface area contributed by atoms with E-state index in [0.717, 1.165) is 19.3 Å². The first-order valence-corrected chi connectivity index (χ1v) is 11.0. The van der Waals surface area contributed by atoms with Crippen molar-refractivity contribution in [2.45, 2.75) is 44.1 Å². The molecule has 2 unspecified atom stereocenters. The van der Waals surface area contributed by atoms with Crippen LogP contribution in [0.4, 0.5) is 4.79 Å². The SMILES string of the molecule is O=C(O)C1CCC(C2CCC2)N(C(=O)OCC2c3ccccc3-c3ccccc32)C1. The second-order valence-electron chi connectivity index (χ2n) is 8.83. The largest absolute Gasteiger partial charge is 0.481 e. The lowest BCUT2D eigenvalue weighted by Crippen LogP contribution is -2.53. The Morgan fingerprint density at radius 2 is 1.57 bits per heavy atom. The number of hydrogen-bond donors (Lipinski definition) is 1. The first-order chi connectivity index (χ1) is 14.6. The molecule has 5 nitrogen and oxygen atoms in total. The van der Waals surface area contributed by atoms with Crippen LogP contribution in [0.2, 0.25) is 0 Å². The van der Waals surface area contributed by atoms with Crippen molar-refractivity contribution < 1.29 is 19.4 Å². The third-order valence-electron chi connectivity index (χ3n) is 7.24. The molecule has 2 fully saturated rings. The van der Waals surface area contributed by atoms with E-state index in [1.807, 2.05) is 24.3 Å². The summed E-state index contributed by atoms with van der Waals surface area (Å²) < 4.78 is 5.85. The summed E-state index contributed by atoms with van der Waals surface area (Å²) in [6, 6.07) is 16.7. The third-order valence-corrected chi connectivity index (χ3v) is 7.24. The highest BCUT2D eigenvalue weighted by Crippen LogP contribution is 2.45. The summed E-state index contributed by atoms with van der Waals surface area (Å²) in [4.78, 5) is 26.4. The van der Waals surface area contributed by atoms with Crippen LogP contribution >= 0.6 is 0 Å². The quantitative estimate of drug-likeness (QED) is 0.786. The van der Waals surface area contributed by atoms with E-state index in [4.69, 9.17) is 4.74 Å². The van der Waals surface area contributed by atoms with Crippen molar-refractivity contribution in [1.29, 1.82) is 0 Å². The van der Waals surface area contributed by atoms with Crippen molar-refractivity contribution in [1.82, 2.24) is 4.90 Å². The molecular formula is C25H27NO4. The van der Waals surface area contributed by atoms with Crippen LogP contribution in [0.3, 0.4) is 0 Å². The summed E-state index contributed by atoms with van der Waals surface area (Å²) in [5.74, 6) is -0.816. The molecule has 5 heteroatoms. The smallest absolute Gasteiger partial charge is 0.410 e. The third kappa shape index (κ3) is 3.26. The Balaban J connectivity index is 1.34. The van der Waals surface area contributed by atoms with Gasteiger partial charge in [-0.05, 0) is 53.9 Å². The van der Waals surface area contributed by atoms with Gasteiger partial charge in [0.05, 0.1) is 5.92 Å². The van der Waals surface area contributed by atoms with Crippen molar-refractivity contribution in [2.75, 3.05) is 13.2 Å². The van der Waals surface area contributed by atoms with Gasteiger partial charge in [0.2, 0.25) is 0 Å². The second-order valence-corrected chi connectivity index (χ2v) is 8.83. The molecule has 1 saturated carbocycles. The maximum Gasteiger partial charge on any atom is 0.410 e. The zero-order chi connectivity index (χ0) is 20.7. The Bertz CT molecular complexity index is 922. The van der Waals surface area contributed by atoms with E-state index in [9.17, 15) is 14.7 Å². The molecule has 1 N–H and O–H groups in total. The van der Waals surface area contributed by atoms with Gasteiger partial charge in [-0.25, -0.2) is 4.79 Å². The zero-order valence-electron chi connectivity index (χ0n) is 17.0. The summed E-state index contributed by atoms with van der Waals surface area (Å²) in [7, 11) is 0. The number of rotatable bonds is 4. The molecule has 0 aromatic heterocycles. The first kappa shape index (κ1) is 19.2. The summed E-state index contributed by atoms with van der Waals surface area (Å²) in [5, 5.41) is 9.48. The maximum atomic E-state index is 13.1. The highest BCUT2D eigenvalue weighted by atomic mass is 16.6. The van der Waals surface area contributed by atoms with E-state index in [-0.39, 0.29) is 31.2 Å². The molecule has 3 aliphatic rings. The number of benzene rings is 2. The normalized spacial score (nSPS) is 23.4. The van der Waals surface area contributed by atoms with Crippen LogP contribution in [-0.2, 0) is 9.53 Å². The summed E-state index contributed by atoms with van der Waals surface area (Å²) >= 11 is 0. The molecule has 2 aromatic rings. The molecule has 156 valence electrons. The van der Waals surface area contributed by atoms with Gasteiger partial charge in [0.15, 0.2) is 0 Å². The number of carboxylic acids is 1. The lowest BCUT2D eigenvalue weighted by Gasteiger charge is -2.44. The van der Waals surface area contributed by atoms with E-state index in [1.54, 1.807) is 4.90 Å². The Morgan fingerprint density at radius 1 is 0.933 bits per heavy atom. The van der Waals surface area contributed by atoms with Crippen LogP contribution in [0.15, 0.2) is 48.5 Å². The number of carbonyl (C=O) groups excluding carboxylic acids is 1. The number of amides is 1. The number of ether oxygens (including phenoxy) is 1. The van der Waals surface area contributed by atoms with E-state index < -0.39 is 11.9 Å². The molecule has 2 atom stereocenters. The number of fused-ring (bicyclic) bond motifs is 3. The van der Waals surface area contributed by atoms with Crippen molar-refractivity contribution in [2.24, 2.45) is 11.8 Å². The molecule has 5 rings (SSSR count). The monoisotopic (exact) mass is 405 g/mol. The van der Waals surface area contributed by atoms with Crippen molar-refractivity contribution in [3.05, 3.63) is 59.7 Å². The summed E-state index contributed by atoms with van der Waals surface area (Å²) in [6.45, 7) is 0.533. The number of carbonyl (C=O) groups is 2. The molecular weight excluding hydrogens is 378 g/mol. The molecule has 1 heterocycles. The Kier molecular flexibility index (Phi) is 4.97. The van der Waals surface area contributed by atoms with Gasteiger partial charge in [-0.3, -0.25) is 4.79 Å². The van der Waals surface area contributed by atoms with E-state index in [0.29, 0.717) is 12.3 Å². The predicted molar refractivity (Wildman–Crippen MR) is 113 cm³/mol. The Labute approximate surface area is 176 Å². The summed E-state index contributed by atoms with van der Waals surface area (Å²) in [5.41, 5.74) is 4.77. The molecule has 2 aliphatic carbocycles. The molecule has 0 bridgehead atoms. The van der Waals surface area contributed by atoms with Crippen LogP contribution in [0.25, 0.3) is 11.1 Å². The molecule has 1 aliphatic heterocycles.